The van der Waals surface area contributed by atoms with Crippen LogP contribution < -0.4 is 5.32 Å². The molecule has 2 heterocycles. The number of benzene rings is 1. The Morgan fingerprint density at radius 3 is 2.64 bits per heavy atom. The Morgan fingerprint density at radius 1 is 1.28 bits per heavy atom. The summed E-state index contributed by atoms with van der Waals surface area (Å²) >= 11 is 0. The molecule has 1 aliphatic rings. The minimum Gasteiger partial charge on any atom is -0.354 e. The van der Waals surface area contributed by atoms with Gasteiger partial charge in [0.1, 0.15) is 5.54 Å². The number of nitrogens with zero attached hydrogens (tertiary/aromatic N) is 3. The van der Waals surface area contributed by atoms with Crippen molar-refractivity contribution in [3.63, 3.8) is 0 Å². The van der Waals surface area contributed by atoms with Crippen LogP contribution in [0.5, 0.6) is 0 Å². The highest BCUT2D eigenvalue weighted by atomic mass is 16.5. The average Bonchev–Trinajstić information content (AvgIpc) is 3.30. The number of aryl methyl sites for hydroxylation is 2. The maximum absolute atomic E-state index is 13.1. The van der Waals surface area contributed by atoms with E-state index in [2.05, 4.69) is 20.4 Å². The van der Waals surface area contributed by atoms with Crippen molar-refractivity contribution in [2.24, 2.45) is 0 Å². The van der Waals surface area contributed by atoms with Gasteiger partial charge in [0.25, 0.3) is 0 Å². The Morgan fingerprint density at radius 2 is 2.00 bits per heavy atom. The second-order valence-corrected chi connectivity index (χ2v) is 6.73. The van der Waals surface area contributed by atoms with E-state index in [1.807, 2.05) is 37.3 Å². The molecule has 1 atom stereocenters. The quantitative estimate of drug-likeness (QED) is 0.783. The number of aromatic nitrogens is 2. The molecule has 1 aliphatic heterocycles. The molecule has 0 unspecified atom stereocenters. The number of likely N-dealkylation sites (tertiary alicyclic amines) is 1. The summed E-state index contributed by atoms with van der Waals surface area (Å²) in [6.45, 7) is 6.34. The van der Waals surface area contributed by atoms with Crippen molar-refractivity contribution < 1.29 is 9.32 Å². The molecule has 0 aliphatic carbocycles. The summed E-state index contributed by atoms with van der Waals surface area (Å²) in [6, 6.07) is 10.1. The molecule has 0 saturated carbocycles. The molecule has 6 heteroatoms. The highest BCUT2D eigenvalue weighted by molar-refractivity contribution is 5.87. The first-order valence-corrected chi connectivity index (χ1v) is 8.99. The van der Waals surface area contributed by atoms with Gasteiger partial charge >= 0.3 is 0 Å². The fourth-order valence-electron chi connectivity index (χ4n) is 3.44. The number of carbonyl (C=O) groups excluding carboxylic acids is 1. The van der Waals surface area contributed by atoms with Crippen LogP contribution in [0, 0.1) is 6.92 Å². The Balaban J connectivity index is 1.63. The van der Waals surface area contributed by atoms with Gasteiger partial charge in [0.2, 0.25) is 11.8 Å². The van der Waals surface area contributed by atoms with E-state index in [9.17, 15) is 4.79 Å². The fourth-order valence-corrected chi connectivity index (χ4v) is 3.44. The molecule has 1 aromatic carbocycles. The van der Waals surface area contributed by atoms with E-state index in [-0.39, 0.29) is 5.91 Å². The zero-order chi connectivity index (χ0) is 17.7. The molecule has 1 aromatic heterocycles. The van der Waals surface area contributed by atoms with Gasteiger partial charge in [0.15, 0.2) is 5.82 Å². The third-order valence-electron chi connectivity index (χ3n) is 4.94. The summed E-state index contributed by atoms with van der Waals surface area (Å²) in [5.74, 6) is 1.32. The average molecular weight is 342 g/mol. The minimum atomic E-state index is -0.626. The lowest BCUT2D eigenvalue weighted by Crippen LogP contribution is -2.53. The topological polar surface area (TPSA) is 71.3 Å². The number of nitrogens with one attached hydrogen (secondary N) is 1. The SMILES string of the molecule is Cc1noc(CCCNC(=O)[C@](C)(c2ccccc2)N2CCCC2)n1. The van der Waals surface area contributed by atoms with Crippen molar-refractivity contribution >= 4 is 5.91 Å². The van der Waals surface area contributed by atoms with Crippen LogP contribution in [-0.2, 0) is 16.8 Å². The highest BCUT2D eigenvalue weighted by Gasteiger charge is 2.41. The van der Waals surface area contributed by atoms with Crippen molar-refractivity contribution in [1.82, 2.24) is 20.4 Å². The lowest BCUT2D eigenvalue weighted by atomic mass is 9.89. The molecule has 1 saturated heterocycles. The van der Waals surface area contributed by atoms with Crippen LogP contribution in [-0.4, -0.2) is 40.6 Å². The third-order valence-corrected chi connectivity index (χ3v) is 4.94. The van der Waals surface area contributed by atoms with Gasteiger partial charge in [-0.15, -0.1) is 0 Å². The maximum Gasteiger partial charge on any atom is 0.244 e. The predicted octanol–water partition coefficient (Wildman–Crippen LogP) is 2.44. The van der Waals surface area contributed by atoms with Crippen molar-refractivity contribution in [2.45, 2.75) is 45.1 Å². The van der Waals surface area contributed by atoms with E-state index < -0.39 is 5.54 Å². The molecular formula is C19H26N4O2. The van der Waals surface area contributed by atoms with E-state index in [1.54, 1.807) is 6.92 Å². The smallest absolute Gasteiger partial charge is 0.244 e. The van der Waals surface area contributed by atoms with Crippen LogP contribution >= 0.6 is 0 Å². The number of hydrogen-bond donors (Lipinski definition) is 1. The highest BCUT2D eigenvalue weighted by Crippen LogP contribution is 2.31. The van der Waals surface area contributed by atoms with Crippen LogP contribution in [0.1, 0.15) is 43.5 Å². The molecule has 0 radical (unpaired) electrons. The van der Waals surface area contributed by atoms with Gasteiger partial charge in [-0.1, -0.05) is 35.5 Å². The van der Waals surface area contributed by atoms with Gasteiger partial charge in [0, 0.05) is 13.0 Å². The largest absolute Gasteiger partial charge is 0.354 e. The van der Waals surface area contributed by atoms with Crippen LogP contribution in [0.25, 0.3) is 0 Å². The van der Waals surface area contributed by atoms with Crippen molar-refractivity contribution in [3.05, 3.63) is 47.6 Å². The Kier molecular flexibility index (Phi) is 5.48. The fraction of sp³-hybridized carbons (Fsp3) is 0.526. The molecule has 6 nitrogen and oxygen atoms in total. The van der Waals surface area contributed by atoms with Crippen LogP contribution in [0.15, 0.2) is 34.9 Å². The molecule has 0 bridgehead atoms. The zero-order valence-corrected chi connectivity index (χ0v) is 15.0. The Hall–Kier alpha value is -2.21. The number of hydrogen-bond acceptors (Lipinski definition) is 5. The van der Waals surface area contributed by atoms with E-state index >= 15 is 0 Å². The molecule has 2 aromatic rings. The minimum absolute atomic E-state index is 0.0577. The predicted molar refractivity (Wildman–Crippen MR) is 95.0 cm³/mol. The second kappa shape index (κ2) is 7.78. The van der Waals surface area contributed by atoms with Crippen LogP contribution in [0.2, 0.25) is 0 Å². The van der Waals surface area contributed by atoms with Crippen molar-refractivity contribution in [2.75, 3.05) is 19.6 Å². The van der Waals surface area contributed by atoms with Gasteiger partial charge in [-0.25, -0.2) is 0 Å². The monoisotopic (exact) mass is 342 g/mol. The molecule has 1 fully saturated rings. The van der Waals surface area contributed by atoms with Crippen LogP contribution in [0.4, 0.5) is 0 Å². The van der Waals surface area contributed by atoms with Gasteiger partial charge in [-0.3, -0.25) is 9.69 Å². The van der Waals surface area contributed by atoms with Crippen molar-refractivity contribution in [1.29, 1.82) is 0 Å². The number of amides is 1. The first-order valence-electron chi connectivity index (χ1n) is 8.99. The summed E-state index contributed by atoms with van der Waals surface area (Å²) < 4.78 is 5.11. The first-order chi connectivity index (χ1) is 12.1. The van der Waals surface area contributed by atoms with E-state index in [1.165, 1.54) is 0 Å². The Labute approximate surface area is 148 Å². The van der Waals surface area contributed by atoms with E-state index in [0.29, 0.717) is 24.7 Å². The molecule has 25 heavy (non-hydrogen) atoms. The zero-order valence-electron chi connectivity index (χ0n) is 15.0. The standard InChI is InChI=1S/C19H26N4O2/c1-15-21-17(25-22-15)11-8-12-20-18(24)19(2,23-13-6-7-14-23)16-9-4-3-5-10-16/h3-5,9-10H,6-8,11-14H2,1-2H3,(H,20,24)/t19-/m0/s1. The molecule has 134 valence electrons. The summed E-state index contributed by atoms with van der Waals surface area (Å²) in [7, 11) is 0. The van der Waals surface area contributed by atoms with Crippen molar-refractivity contribution in [3.8, 4) is 0 Å². The lowest BCUT2D eigenvalue weighted by molar-refractivity contribution is -0.132. The molecular weight excluding hydrogens is 316 g/mol. The first kappa shape index (κ1) is 17.6. The number of carbonyl (C=O) groups is 1. The molecule has 1 N–H and O–H groups in total. The lowest BCUT2D eigenvalue weighted by Gasteiger charge is -2.37. The summed E-state index contributed by atoms with van der Waals surface area (Å²) in [5, 5.41) is 6.89. The number of rotatable bonds is 7. The summed E-state index contributed by atoms with van der Waals surface area (Å²) in [4.78, 5) is 19.5. The van der Waals surface area contributed by atoms with E-state index in [4.69, 9.17) is 4.52 Å². The maximum atomic E-state index is 13.1. The third kappa shape index (κ3) is 3.90. The van der Waals surface area contributed by atoms with Gasteiger partial charge in [-0.2, -0.15) is 4.98 Å². The Bertz CT molecular complexity index is 694. The molecule has 3 rings (SSSR count). The van der Waals surface area contributed by atoms with Crippen LogP contribution in [0.3, 0.4) is 0 Å². The van der Waals surface area contributed by atoms with Gasteiger partial charge in [0.05, 0.1) is 0 Å². The molecule has 0 spiro atoms. The summed E-state index contributed by atoms with van der Waals surface area (Å²) in [6.07, 6.45) is 3.74. The van der Waals surface area contributed by atoms with Gasteiger partial charge < -0.3 is 9.84 Å². The summed E-state index contributed by atoms with van der Waals surface area (Å²) in [5.41, 5.74) is 0.417. The molecule has 1 amide bonds. The second-order valence-electron chi connectivity index (χ2n) is 6.73. The van der Waals surface area contributed by atoms with E-state index in [0.717, 1.165) is 37.9 Å². The van der Waals surface area contributed by atoms with Gasteiger partial charge in [-0.05, 0) is 51.8 Å². The normalized spacial score (nSPS) is 17.4.